The summed E-state index contributed by atoms with van der Waals surface area (Å²) in [5.41, 5.74) is 0. The average Bonchev–Trinajstić information content (AvgIpc) is 1.05. The zero-order valence-corrected chi connectivity index (χ0v) is 65.7. The van der Waals surface area contributed by atoms with Crippen LogP contribution in [-0.2, 0) is 65.4 Å². The molecule has 0 aromatic heterocycles. The first kappa shape index (κ1) is 96.1. The van der Waals surface area contributed by atoms with Gasteiger partial charge < -0.3 is 33.8 Å². The molecule has 0 saturated carbocycles. The van der Waals surface area contributed by atoms with Crippen LogP contribution in [0.15, 0.2) is 0 Å². The van der Waals surface area contributed by atoms with Crippen LogP contribution < -0.4 is 0 Å². The second-order valence-electron chi connectivity index (χ2n) is 28.9. The van der Waals surface area contributed by atoms with Gasteiger partial charge in [-0.1, -0.05) is 369 Å². The average molecular weight is 1440 g/mol. The lowest BCUT2D eigenvalue weighted by Gasteiger charge is -2.21. The van der Waals surface area contributed by atoms with Crippen LogP contribution in [0.1, 0.15) is 420 Å². The molecule has 0 fully saturated rings. The van der Waals surface area contributed by atoms with Crippen molar-refractivity contribution in [2.24, 2.45) is 5.92 Å². The summed E-state index contributed by atoms with van der Waals surface area (Å²) in [6.07, 6.45) is 62.3. The second-order valence-corrected chi connectivity index (χ2v) is 31.8. The van der Waals surface area contributed by atoms with Gasteiger partial charge in [0.2, 0.25) is 0 Å². The fourth-order valence-electron chi connectivity index (χ4n) is 12.2. The molecule has 0 aromatic rings. The van der Waals surface area contributed by atoms with E-state index in [0.717, 1.165) is 95.8 Å². The number of rotatable bonds is 79. The van der Waals surface area contributed by atoms with E-state index in [0.29, 0.717) is 25.7 Å². The highest BCUT2D eigenvalue weighted by molar-refractivity contribution is 7.47. The van der Waals surface area contributed by atoms with Crippen LogP contribution in [-0.4, -0.2) is 96.7 Å². The van der Waals surface area contributed by atoms with Crippen molar-refractivity contribution in [3.8, 4) is 0 Å². The van der Waals surface area contributed by atoms with E-state index in [1.54, 1.807) is 0 Å². The van der Waals surface area contributed by atoms with Crippen LogP contribution in [0.2, 0.25) is 0 Å². The number of ether oxygens (including phenoxy) is 4. The van der Waals surface area contributed by atoms with Crippen molar-refractivity contribution >= 4 is 39.5 Å². The highest BCUT2D eigenvalue weighted by Crippen LogP contribution is 2.45. The zero-order valence-electron chi connectivity index (χ0n) is 63.9. The minimum atomic E-state index is -4.96. The van der Waals surface area contributed by atoms with Gasteiger partial charge in [0.1, 0.15) is 19.3 Å². The minimum absolute atomic E-state index is 0.108. The van der Waals surface area contributed by atoms with Crippen molar-refractivity contribution in [3.05, 3.63) is 0 Å². The van der Waals surface area contributed by atoms with Crippen molar-refractivity contribution in [1.82, 2.24) is 0 Å². The Kier molecular flexibility index (Phi) is 70.6. The number of carbonyl (C=O) groups is 4. The summed E-state index contributed by atoms with van der Waals surface area (Å²) in [5, 5.41) is 10.6. The smallest absolute Gasteiger partial charge is 0.462 e. The SMILES string of the molecule is CCCCCCCCCCCCCCCCCC(=O)OC[C@H](COP(=O)(O)OC[C@@H](O)COP(=O)(O)OC[C@@H](COC(=O)CCCCCCCCCCCC)OC(=O)CCCCCCCCCCCCCC)OC(=O)CCCCCCCCCCCCCCCCCCCCC(C)C. The zero-order chi connectivity index (χ0) is 71.9. The summed E-state index contributed by atoms with van der Waals surface area (Å²) >= 11 is 0. The molecule has 2 unspecified atom stereocenters. The van der Waals surface area contributed by atoms with Crippen LogP contribution in [0.5, 0.6) is 0 Å². The molecule has 582 valence electrons. The molecule has 0 aliphatic carbocycles. The summed E-state index contributed by atoms with van der Waals surface area (Å²) in [7, 11) is -9.91. The molecule has 0 radical (unpaired) electrons. The Hall–Kier alpha value is -1.94. The predicted molar refractivity (Wildman–Crippen MR) is 400 cm³/mol. The predicted octanol–water partition coefficient (Wildman–Crippen LogP) is 23.6. The van der Waals surface area contributed by atoms with Crippen molar-refractivity contribution in [1.29, 1.82) is 0 Å². The molecular weight excluding hydrogens is 1280 g/mol. The highest BCUT2D eigenvalue weighted by Gasteiger charge is 2.30. The number of unbranched alkanes of at least 4 members (excludes halogenated alkanes) is 51. The van der Waals surface area contributed by atoms with E-state index in [1.807, 2.05) is 0 Å². The van der Waals surface area contributed by atoms with Gasteiger partial charge in [0.15, 0.2) is 12.2 Å². The van der Waals surface area contributed by atoms with E-state index in [1.165, 1.54) is 244 Å². The van der Waals surface area contributed by atoms with E-state index >= 15 is 0 Å². The number of aliphatic hydroxyl groups excluding tert-OH is 1. The first-order chi connectivity index (χ1) is 47.5. The lowest BCUT2D eigenvalue weighted by Crippen LogP contribution is -2.30. The summed E-state index contributed by atoms with van der Waals surface area (Å²) in [6, 6.07) is 0. The molecule has 0 rings (SSSR count). The van der Waals surface area contributed by atoms with Gasteiger partial charge in [0.05, 0.1) is 26.4 Å². The Morgan fingerprint density at radius 2 is 0.469 bits per heavy atom. The van der Waals surface area contributed by atoms with Gasteiger partial charge in [-0.25, -0.2) is 9.13 Å². The molecule has 3 N–H and O–H groups in total. The van der Waals surface area contributed by atoms with Gasteiger partial charge in [-0.2, -0.15) is 0 Å². The highest BCUT2D eigenvalue weighted by atomic mass is 31.2. The van der Waals surface area contributed by atoms with Gasteiger partial charge >= 0.3 is 39.5 Å². The van der Waals surface area contributed by atoms with Crippen molar-refractivity contribution < 1.29 is 80.2 Å². The number of carbonyl (C=O) groups excluding carboxylic acids is 4. The van der Waals surface area contributed by atoms with Crippen molar-refractivity contribution in [3.63, 3.8) is 0 Å². The van der Waals surface area contributed by atoms with E-state index in [-0.39, 0.29) is 25.7 Å². The fraction of sp³-hybridized carbons (Fsp3) is 0.949. The van der Waals surface area contributed by atoms with Gasteiger partial charge in [-0.3, -0.25) is 37.3 Å². The van der Waals surface area contributed by atoms with E-state index in [2.05, 4.69) is 34.6 Å². The Bertz CT molecular complexity index is 1870. The molecular formula is C79H154O17P2. The fourth-order valence-corrected chi connectivity index (χ4v) is 13.8. The third kappa shape index (κ3) is 72.4. The third-order valence-corrected chi connectivity index (χ3v) is 20.4. The molecule has 0 spiro atoms. The van der Waals surface area contributed by atoms with Crippen LogP contribution in [0, 0.1) is 5.92 Å². The monoisotopic (exact) mass is 1440 g/mol. The Morgan fingerprint density at radius 1 is 0.276 bits per heavy atom. The van der Waals surface area contributed by atoms with E-state index < -0.39 is 97.5 Å². The number of esters is 4. The van der Waals surface area contributed by atoms with Crippen molar-refractivity contribution in [2.75, 3.05) is 39.6 Å². The number of aliphatic hydroxyl groups is 1. The molecule has 19 heteroatoms. The standard InChI is InChI=1S/C79H154O17P2/c1-6-9-12-15-18-21-24-26-31-35-39-43-48-53-58-63-77(82)90-69-75(96-79(84)65-60-55-50-45-40-36-33-30-28-27-29-32-34-37-41-46-51-56-61-72(4)5)71-94-98(87,88)92-67-73(80)66-91-97(85,86)93-70-74(68-89-76(81)62-57-52-47-42-23-20-17-14-11-8-3)95-78(83)64-59-54-49-44-38-25-22-19-16-13-10-7-2/h72-75,80H,6-71H2,1-5H3,(H,85,86)(H,87,88)/t73-,74+,75+/m0/s1. The molecule has 0 aliphatic heterocycles. The lowest BCUT2D eigenvalue weighted by atomic mass is 10.0. The van der Waals surface area contributed by atoms with E-state index in [4.69, 9.17) is 37.0 Å². The van der Waals surface area contributed by atoms with Crippen molar-refractivity contribution in [2.45, 2.75) is 438 Å². The quantitative estimate of drug-likeness (QED) is 0.0222. The second kappa shape index (κ2) is 72.0. The van der Waals surface area contributed by atoms with Crippen LogP contribution in [0.3, 0.4) is 0 Å². The number of phosphoric acid groups is 2. The molecule has 0 bridgehead atoms. The molecule has 0 aliphatic rings. The molecule has 0 saturated heterocycles. The minimum Gasteiger partial charge on any atom is -0.462 e. The summed E-state index contributed by atoms with van der Waals surface area (Å²) in [4.78, 5) is 72.9. The van der Waals surface area contributed by atoms with Gasteiger partial charge in [-0.15, -0.1) is 0 Å². The Labute approximate surface area is 600 Å². The number of hydrogen-bond acceptors (Lipinski definition) is 15. The number of phosphoric ester groups is 2. The molecule has 0 heterocycles. The summed E-state index contributed by atoms with van der Waals surface area (Å²) in [6.45, 7) is 7.35. The first-order valence-corrected chi connectivity index (χ1v) is 44.1. The Morgan fingerprint density at radius 3 is 0.694 bits per heavy atom. The lowest BCUT2D eigenvalue weighted by molar-refractivity contribution is -0.161. The summed E-state index contributed by atoms with van der Waals surface area (Å²) in [5.74, 6) is -1.29. The first-order valence-electron chi connectivity index (χ1n) is 41.1. The Balaban J connectivity index is 5.20. The van der Waals surface area contributed by atoms with Gasteiger partial charge in [0.25, 0.3) is 0 Å². The van der Waals surface area contributed by atoms with E-state index in [9.17, 15) is 43.2 Å². The maximum atomic E-state index is 13.1. The molecule has 17 nitrogen and oxygen atoms in total. The maximum Gasteiger partial charge on any atom is 0.472 e. The third-order valence-electron chi connectivity index (χ3n) is 18.5. The normalized spacial score (nSPS) is 13.9. The van der Waals surface area contributed by atoms with Crippen LogP contribution >= 0.6 is 15.6 Å². The topological polar surface area (TPSA) is 237 Å². The maximum absolute atomic E-state index is 13.1. The number of hydrogen-bond donors (Lipinski definition) is 3. The largest absolute Gasteiger partial charge is 0.472 e. The molecule has 5 atom stereocenters. The van der Waals surface area contributed by atoms with Crippen LogP contribution in [0.25, 0.3) is 0 Å². The van der Waals surface area contributed by atoms with Gasteiger partial charge in [-0.05, 0) is 31.6 Å². The summed E-state index contributed by atoms with van der Waals surface area (Å²) < 4.78 is 68.6. The molecule has 0 aromatic carbocycles. The molecule has 98 heavy (non-hydrogen) atoms. The van der Waals surface area contributed by atoms with Gasteiger partial charge in [0, 0.05) is 25.7 Å². The van der Waals surface area contributed by atoms with Crippen LogP contribution in [0.4, 0.5) is 0 Å². The molecule has 0 amide bonds.